The van der Waals surface area contributed by atoms with E-state index in [4.69, 9.17) is 14.2 Å². The van der Waals surface area contributed by atoms with Crippen molar-refractivity contribution in [3.05, 3.63) is 41.7 Å². The average molecular weight is 421 g/mol. The molecular formula is C23H23N3O5. The molecule has 1 saturated heterocycles. The van der Waals surface area contributed by atoms with Crippen LogP contribution < -0.4 is 14.4 Å². The van der Waals surface area contributed by atoms with Gasteiger partial charge in [-0.2, -0.15) is 0 Å². The van der Waals surface area contributed by atoms with E-state index >= 15 is 0 Å². The zero-order valence-corrected chi connectivity index (χ0v) is 17.4. The third-order valence-electron chi connectivity index (χ3n) is 5.90. The number of aliphatic hydroxyl groups is 1. The van der Waals surface area contributed by atoms with Crippen molar-refractivity contribution in [2.24, 2.45) is 0 Å². The highest BCUT2D eigenvalue weighted by Crippen LogP contribution is 2.42. The van der Waals surface area contributed by atoms with Crippen LogP contribution >= 0.6 is 0 Å². The number of cyclic esters (lactones) is 1. The topological polar surface area (TPSA) is 94.0 Å². The van der Waals surface area contributed by atoms with Crippen molar-refractivity contribution in [1.82, 2.24) is 9.97 Å². The number of fused-ring (bicyclic) bond motifs is 2. The van der Waals surface area contributed by atoms with Gasteiger partial charge in [-0.3, -0.25) is 0 Å². The Labute approximate surface area is 179 Å². The number of hydrogen-bond donors (Lipinski definition) is 1. The lowest BCUT2D eigenvalue weighted by atomic mass is 9.91. The van der Waals surface area contributed by atoms with Crippen LogP contribution in [0, 0.1) is 0 Å². The lowest BCUT2D eigenvalue weighted by Gasteiger charge is -2.30. The fourth-order valence-electron chi connectivity index (χ4n) is 4.40. The van der Waals surface area contributed by atoms with Crippen molar-refractivity contribution in [3.63, 3.8) is 0 Å². The number of esters is 1. The number of ether oxygens (including phenoxy) is 3. The molecule has 2 aliphatic rings. The molecule has 8 nitrogen and oxygen atoms in total. The van der Waals surface area contributed by atoms with Crippen LogP contribution in [0.15, 0.2) is 30.6 Å². The summed E-state index contributed by atoms with van der Waals surface area (Å²) in [6, 6.07) is 5.71. The molecule has 1 N–H and O–H groups in total. The van der Waals surface area contributed by atoms with E-state index in [2.05, 4.69) is 9.97 Å². The number of aliphatic hydroxyl groups excluding tert-OH is 1. The van der Waals surface area contributed by atoms with E-state index in [9.17, 15) is 9.90 Å². The normalized spacial score (nSPS) is 18.1. The molecule has 1 atom stereocenters. The Bertz CT molecular complexity index is 1160. The van der Waals surface area contributed by atoms with Crippen molar-refractivity contribution in [1.29, 1.82) is 0 Å². The molecule has 0 amide bonds. The summed E-state index contributed by atoms with van der Waals surface area (Å²) in [4.78, 5) is 23.6. The minimum absolute atomic E-state index is 0.232. The molecule has 0 spiro atoms. The van der Waals surface area contributed by atoms with Crippen LogP contribution in [0.25, 0.3) is 21.9 Å². The van der Waals surface area contributed by atoms with Crippen LogP contribution in [0.4, 0.5) is 5.95 Å². The van der Waals surface area contributed by atoms with Crippen molar-refractivity contribution >= 4 is 22.7 Å². The van der Waals surface area contributed by atoms with E-state index in [1.54, 1.807) is 26.6 Å². The lowest BCUT2D eigenvalue weighted by Crippen LogP contribution is -2.39. The molecule has 31 heavy (non-hydrogen) atoms. The van der Waals surface area contributed by atoms with Gasteiger partial charge in [0.2, 0.25) is 5.95 Å². The minimum Gasteiger partial charge on any atom is -0.493 e. The van der Waals surface area contributed by atoms with Gasteiger partial charge in [-0.1, -0.05) is 0 Å². The number of carbonyl (C=O) groups is 1. The van der Waals surface area contributed by atoms with E-state index in [1.165, 1.54) is 0 Å². The molecule has 2 aromatic carbocycles. The molecule has 0 aliphatic carbocycles. The summed E-state index contributed by atoms with van der Waals surface area (Å²) >= 11 is 0. The summed E-state index contributed by atoms with van der Waals surface area (Å²) in [7, 11) is 3.17. The summed E-state index contributed by atoms with van der Waals surface area (Å²) in [6.07, 6.45) is 4.78. The second kappa shape index (κ2) is 7.70. The van der Waals surface area contributed by atoms with Crippen LogP contribution in [0.3, 0.4) is 0 Å². The molecule has 1 fully saturated rings. The summed E-state index contributed by atoms with van der Waals surface area (Å²) in [6.45, 7) is 1.56. The largest absolute Gasteiger partial charge is 0.493 e. The highest BCUT2D eigenvalue weighted by molar-refractivity contribution is 6.11. The van der Waals surface area contributed by atoms with Crippen molar-refractivity contribution < 1.29 is 24.1 Å². The number of piperidine rings is 1. The molecule has 3 aromatic rings. The van der Waals surface area contributed by atoms with Gasteiger partial charge in [0.05, 0.1) is 25.9 Å². The van der Waals surface area contributed by atoms with Gasteiger partial charge in [-0.15, -0.1) is 0 Å². The van der Waals surface area contributed by atoms with Crippen molar-refractivity contribution in [3.8, 4) is 22.6 Å². The minimum atomic E-state index is -0.365. The monoisotopic (exact) mass is 421 g/mol. The van der Waals surface area contributed by atoms with E-state index in [0.29, 0.717) is 35.1 Å². The quantitative estimate of drug-likeness (QED) is 0.643. The smallest absolute Gasteiger partial charge is 0.339 e. The van der Waals surface area contributed by atoms with E-state index in [0.717, 1.165) is 41.3 Å². The van der Waals surface area contributed by atoms with Gasteiger partial charge in [-0.05, 0) is 41.8 Å². The Morgan fingerprint density at radius 3 is 2.55 bits per heavy atom. The maximum absolute atomic E-state index is 12.6. The van der Waals surface area contributed by atoms with Crippen LogP contribution in [0.5, 0.6) is 11.5 Å². The Balaban J connectivity index is 1.66. The highest BCUT2D eigenvalue weighted by atomic mass is 16.5. The third-order valence-corrected chi connectivity index (χ3v) is 5.90. The number of methoxy groups -OCH3 is 2. The summed E-state index contributed by atoms with van der Waals surface area (Å²) in [5.74, 6) is 1.40. The van der Waals surface area contributed by atoms with E-state index in [1.807, 2.05) is 23.1 Å². The third kappa shape index (κ3) is 3.33. The van der Waals surface area contributed by atoms with Gasteiger partial charge in [0.1, 0.15) is 6.61 Å². The second-order valence-electron chi connectivity index (χ2n) is 7.80. The molecule has 5 rings (SSSR count). The number of aromatic nitrogens is 2. The summed E-state index contributed by atoms with van der Waals surface area (Å²) in [5, 5.41) is 11.7. The Morgan fingerprint density at radius 1 is 1.10 bits per heavy atom. The molecular weight excluding hydrogens is 398 g/mol. The van der Waals surface area contributed by atoms with E-state index in [-0.39, 0.29) is 18.7 Å². The van der Waals surface area contributed by atoms with Crippen molar-refractivity contribution in [2.45, 2.75) is 25.6 Å². The first kappa shape index (κ1) is 19.6. The molecule has 1 aromatic heterocycles. The fraction of sp³-hybridized carbons (Fsp3) is 0.348. The van der Waals surface area contributed by atoms with Gasteiger partial charge in [-0.25, -0.2) is 14.8 Å². The predicted molar refractivity (Wildman–Crippen MR) is 115 cm³/mol. The number of benzene rings is 2. The first-order valence-electron chi connectivity index (χ1n) is 10.2. The number of anilines is 1. The maximum atomic E-state index is 12.6. The number of carbonyl (C=O) groups excluding carboxylic acids is 1. The molecule has 0 bridgehead atoms. The first-order chi connectivity index (χ1) is 15.1. The Kier molecular flexibility index (Phi) is 4.86. The highest BCUT2D eigenvalue weighted by Gasteiger charge is 2.29. The number of rotatable bonds is 4. The molecule has 3 heterocycles. The molecule has 0 saturated carbocycles. The van der Waals surface area contributed by atoms with Gasteiger partial charge >= 0.3 is 5.97 Å². The van der Waals surface area contributed by atoms with Crippen LogP contribution in [0.2, 0.25) is 0 Å². The molecule has 0 radical (unpaired) electrons. The SMILES string of the molecule is COc1cc2cc3c(c(-c4cnc(N5CCCC(O)C5)nc4)c2cc1OC)C(=O)OC3. The lowest BCUT2D eigenvalue weighted by molar-refractivity contribution is 0.0535. The molecule has 160 valence electrons. The average Bonchev–Trinajstić information content (AvgIpc) is 3.16. The van der Waals surface area contributed by atoms with Crippen LogP contribution in [-0.4, -0.2) is 54.5 Å². The summed E-state index contributed by atoms with van der Waals surface area (Å²) in [5.41, 5.74) is 2.79. The van der Waals surface area contributed by atoms with Crippen molar-refractivity contribution in [2.75, 3.05) is 32.2 Å². The standard InChI is InChI=1S/C23H23N3O5/c1-29-18-7-13-6-14-12-31-22(28)21(14)20(17(13)8-19(18)30-2)15-9-24-23(25-10-15)26-5-3-4-16(27)11-26/h6-10,16,27H,3-5,11-12H2,1-2H3. The van der Waals surface area contributed by atoms with Gasteiger partial charge in [0.15, 0.2) is 11.5 Å². The van der Waals surface area contributed by atoms with Gasteiger partial charge < -0.3 is 24.2 Å². The molecule has 2 aliphatic heterocycles. The second-order valence-corrected chi connectivity index (χ2v) is 7.80. The maximum Gasteiger partial charge on any atom is 0.339 e. The Hall–Kier alpha value is -3.39. The number of nitrogens with zero attached hydrogens (tertiary/aromatic N) is 3. The zero-order valence-electron chi connectivity index (χ0n) is 17.4. The summed E-state index contributed by atoms with van der Waals surface area (Å²) < 4.78 is 16.3. The number of hydrogen-bond acceptors (Lipinski definition) is 8. The first-order valence-corrected chi connectivity index (χ1v) is 10.2. The predicted octanol–water partition coefficient (Wildman–Crippen LogP) is 2.95. The number of β-amino-alcohol motifs (C(OH)–C–C–N with tert-alkyl or cyclic N) is 1. The fourth-order valence-corrected chi connectivity index (χ4v) is 4.40. The van der Waals surface area contributed by atoms with E-state index < -0.39 is 0 Å². The van der Waals surface area contributed by atoms with Gasteiger partial charge in [0.25, 0.3) is 0 Å². The van der Waals surface area contributed by atoms with Gasteiger partial charge in [0, 0.05) is 42.2 Å². The van der Waals surface area contributed by atoms with Crippen LogP contribution in [0.1, 0.15) is 28.8 Å². The zero-order chi connectivity index (χ0) is 21.5. The Morgan fingerprint density at radius 2 is 1.84 bits per heavy atom. The molecule has 8 heteroatoms. The van der Waals surface area contributed by atoms with Crippen LogP contribution in [-0.2, 0) is 11.3 Å². The molecule has 1 unspecified atom stereocenters.